The highest BCUT2D eigenvalue weighted by molar-refractivity contribution is 6.30. The Morgan fingerprint density at radius 1 is 1.62 bits per heavy atom. The van der Waals surface area contributed by atoms with Crippen LogP contribution in [0, 0.1) is 0 Å². The first-order valence-electron chi connectivity index (χ1n) is 4.17. The number of halogens is 1. The van der Waals surface area contributed by atoms with Crippen LogP contribution in [0.15, 0.2) is 18.2 Å². The van der Waals surface area contributed by atoms with Crippen LogP contribution in [0.2, 0.25) is 5.02 Å². The Labute approximate surface area is 81.5 Å². The van der Waals surface area contributed by atoms with Crippen LogP contribution in [-0.2, 0) is 4.79 Å². The predicted molar refractivity (Wildman–Crippen MR) is 50.4 cm³/mol. The van der Waals surface area contributed by atoms with Gasteiger partial charge in [0.15, 0.2) is 0 Å². The largest absolute Gasteiger partial charge is 0.493 e. The zero-order valence-electron chi connectivity index (χ0n) is 7.00. The molecule has 0 fully saturated rings. The van der Waals surface area contributed by atoms with E-state index in [2.05, 4.69) is 0 Å². The Morgan fingerprint density at radius 2 is 2.46 bits per heavy atom. The number of carbonyl (C=O) groups is 1. The van der Waals surface area contributed by atoms with E-state index >= 15 is 0 Å². The summed E-state index contributed by atoms with van der Waals surface area (Å²) in [4.78, 5) is 10.4. The maximum absolute atomic E-state index is 10.4. The first-order valence-corrected chi connectivity index (χ1v) is 4.55. The van der Waals surface area contributed by atoms with Gasteiger partial charge in [0.25, 0.3) is 0 Å². The van der Waals surface area contributed by atoms with Gasteiger partial charge in [0, 0.05) is 22.9 Å². The number of hydrogen-bond donors (Lipinski definition) is 0. The Bertz CT molecular complexity index is 336. The fourth-order valence-corrected chi connectivity index (χ4v) is 1.74. The molecular weight excluding hydrogens is 188 g/mol. The number of fused-ring (bicyclic) bond motifs is 1. The summed E-state index contributed by atoms with van der Waals surface area (Å²) in [6.07, 6.45) is 1.43. The van der Waals surface area contributed by atoms with Crippen molar-refractivity contribution in [2.75, 3.05) is 6.61 Å². The second kappa shape index (κ2) is 3.38. The number of aldehydes is 1. The standard InChI is InChI=1S/C10H9ClO2/c11-8-1-2-10-9(5-8)7(3-4-12)6-13-10/h1-2,4-5,7H,3,6H2. The molecule has 0 aromatic heterocycles. The summed E-state index contributed by atoms with van der Waals surface area (Å²) in [5.41, 5.74) is 1.06. The van der Waals surface area contributed by atoms with E-state index < -0.39 is 0 Å². The first-order chi connectivity index (χ1) is 6.31. The summed E-state index contributed by atoms with van der Waals surface area (Å²) >= 11 is 5.84. The molecule has 0 saturated carbocycles. The van der Waals surface area contributed by atoms with E-state index in [9.17, 15) is 4.79 Å². The number of benzene rings is 1. The average Bonchev–Trinajstić information content (AvgIpc) is 2.49. The van der Waals surface area contributed by atoms with Gasteiger partial charge in [-0.3, -0.25) is 0 Å². The van der Waals surface area contributed by atoms with Crippen molar-refractivity contribution in [1.29, 1.82) is 0 Å². The lowest BCUT2D eigenvalue weighted by molar-refractivity contribution is -0.108. The van der Waals surface area contributed by atoms with Crippen LogP contribution in [0.25, 0.3) is 0 Å². The lowest BCUT2D eigenvalue weighted by Gasteiger charge is -2.02. The highest BCUT2D eigenvalue weighted by atomic mass is 35.5. The third kappa shape index (κ3) is 1.54. The third-order valence-electron chi connectivity index (χ3n) is 2.23. The Balaban J connectivity index is 2.34. The first kappa shape index (κ1) is 8.57. The quantitative estimate of drug-likeness (QED) is 0.679. The topological polar surface area (TPSA) is 26.3 Å². The molecule has 0 N–H and O–H groups in total. The Kier molecular flexibility index (Phi) is 2.23. The minimum absolute atomic E-state index is 0.186. The lowest BCUT2D eigenvalue weighted by Crippen LogP contribution is -2.00. The minimum Gasteiger partial charge on any atom is -0.493 e. The van der Waals surface area contributed by atoms with E-state index in [1.165, 1.54) is 0 Å². The molecule has 1 aromatic carbocycles. The second-order valence-electron chi connectivity index (χ2n) is 3.09. The summed E-state index contributed by atoms with van der Waals surface area (Å²) in [6, 6.07) is 5.52. The summed E-state index contributed by atoms with van der Waals surface area (Å²) in [7, 11) is 0. The van der Waals surface area contributed by atoms with Crippen molar-refractivity contribution < 1.29 is 9.53 Å². The fraction of sp³-hybridized carbons (Fsp3) is 0.300. The maximum atomic E-state index is 10.4. The van der Waals surface area contributed by atoms with Crippen molar-refractivity contribution >= 4 is 17.9 Å². The van der Waals surface area contributed by atoms with Gasteiger partial charge in [0.2, 0.25) is 0 Å². The molecule has 1 aliphatic rings. The van der Waals surface area contributed by atoms with Gasteiger partial charge in [-0.1, -0.05) is 11.6 Å². The van der Waals surface area contributed by atoms with Crippen LogP contribution in [-0.4, -0.2) is 12.9 Å². The van der Waals surface area contributed by atoms with Crippen molar-refractivity contribution in [2.45, 2.75) is 12.3 Å². The summed E-state index contributed by atoms with van der Waals surface area (Å²) in [6.45, 7) is 0.592. The monoisotopic (exact) mass is 196 g/mol. The summed E-state index contributed by atoms with van der Waals surface area (Å²) in [5, 5.41) is 0.695. The minimum atomic E-state index is 0.186. The molecule has 1 atom stereocenters. The van der Waals surface area contributed by atoms with Crippen molar-refractivity contribution in [1.82, 2.24) is 0 Å². The second-order valence-corrected chi connectivity index (χ2v) is 3.53. The molecule has 2 rings (SSSR count). The Hall–Kier alpha value is -1.02. The van der Waals surface area contributed by atoms with E-state index in [0.29, 0.717) is 18.1 Å². The van der Waals surface area contributed by atoms with E-state index in [4.69, 9.17) is 16.3 Å². The third-order valence-corrected chi connectivity index (χ3v) is 2.47. The van der Waals surface area contributed by atoms with Crippen molar-refractivity contribution in [3.8, 4) is 5.75 Å². The maximum Gasteiger partial charge on any atom is 0.123 e. The van der Waals surface area contributed by atoms with Crippen molar-refractivity contribution in [3.63, 3.8) is 0 Å². The van der Waals surface area contributed by atoms with Gasteiger partial charge in [-0.15, -0.1) is 0 Å². The number of rotatable bonds is 2. The molecule has 1 heterocycles. The molecule has 2 nitrogen and oxygen atoms in total. The van der Waals surface area contributed by atoms with E-state index in [0.717, 1.165) is 17.6 Å². The van der Waals surface area contributed by atoms with Gasteiger partial charge in [0.1, 0.15) is 12.0 Å². The highest BCUT2D eigenvalue weighted by Crippen LogP contribution is 2.36. The zero-order valence-corrected chi connectivity index (χ0v) is 7.75. The fourth-order valence-electron chi connectivity index (χ4n) is 1.56. The van der Waals surface area contributed by atoms with Crippen LogP contribution >= 0.6 is 11.6 Å². The Morgan fingerprint density at radius 3 is 3.23 bits per heavy atom. The van der Waals surface area contributed by atoms with Crippen LogP contribution < -0.4 is 4.74 Å². The molecule has 1 unspecified atom stereocenters. The molecule has 0 radical (unpaired) electrons. The summed E-state index contributed by atoms with van der Waals surface area (Å²) in [5.74, 6) is 1.04. The van der Waals surface area contributed by atoms with Crippen LogP contribution in [0.3, 0.4) is 0 Å². The molecule has 0 aliphatic carbocycles. The molecule has 1 aliphatic heterocycles. The number of ether oxygens (including phenoxy) is 1. The van der Waals surface area contributed by atoms with E-state index in [-0.39, 0.29) is 5.92 Å². The molecule has 68 valence electrons. The van der Waals surface area contributed by atoms with Gasteiger partial charge >= 0.3 is 0 Å². The lowest BCUT2D eigenvalue weighted by atomic mass is 9.99. The predicted octanol–water partition coefficient (Wildman–Crippen LogP) is 2.41. The molecule has 1 aromatic rings. The molecule has 0 saturated heterocycles. The number of carbonyl (C=O) groups excluding carboxylic acids is 1. The molecular formula is C10H9ClO2. The van der Waals surface area contributed by atoms with Gasteiger partial charge in [-0.25, -0.2) is 0 Å². The van der Waals surface area contributed by atoms with Gasteiger partial charge in [-0.2, -0.15) is 0 Å². The normalized spacial score (nSPS) is 19.3. The van der Waals surface area contributed by atoms with Gasteiger partial charge < -0.3 is 9.53 Å². The number of hydrogen-bond acceptors (Lipinski definition) is 2. The van der Waals surface area contributed by atoms with E-state index in [1.54, 1.807) is 6.07 Å². The summed E-state index contributed by atoms with van der Waals surface area (Å²) < 4.78 is 5.40. The molecule has 3 heteroatoms. The van der Waals surface area contributed by atoms with Crippen molar-refractivity contribution in [2.24, 2.45) is 0 Å². The van der Waals surface area contributed by atoms with Crippen LogP contribution in [0.1, 0.15) is 17.9 Å². The van der Waals surface area contributed by atoms with Crippen LogP contribution in [0.4, 0.5) is 0 Å². The molecule has 13 heavy (non-hydrogen) atoms. The van der Waals surface area contributed by atoms with Crippen LogP contribution in [0.5, 0.6) is 5.75 Å². The van der Waals surface area contributed by atoms with E-state index in [1.807, 2.05) is 12.1 Å². The van der Waals surface area contributed by atoms with Gasteiger partial charge in [0.05, 0.1) is 6.61 Å². The zero-order chi connectivity index (χ0) is 9.26. The highest BCUT2D eigenvalue weighted by Gasteiger charge is 2.23. The molecule has 0 bridgehead atoms. The average molecular weight is 197 g/mol. The smallest absolute Gasteiger partial charge is 0.123 e. The molecule has 0 spiro atoms. The van der Waals surface area contributed by atoms with Gasteiger partial charge in [-0.05, 0) is 18.2 Å². The SMILES string of the molecule is O=CCC1COc2ccc(Cl)cc21. The molecule has 0 amide bonds. The van der Waals surface area contributed by atoms with Crippen molar-refractivity contribution in [3.05, 3.63) is 28.8 Å².